The molecule has 0 saturated heterocycles. The molecular weight excluding hydrogens is 372 g/mol. The third-order valence-electron chi connectivity index (χ3n) is 4.70. The molecule has 4 nitrogen and oxygen atoms in total. The second-order valence-corrected chi connectivity index (χ2v) is 7.91. The minimum Gasteiger partial charge on any atom is -0.493 e. The minimum absolute atomic E-state index is 0.00335. The molecule has 0 aliphatic heterocycles. The molecule has 0 spiro atoms. The fourth-order valence-electron chi connectivity index (χ4n) is 3.29. The average molecular weight is 395 g/mol. The molecule has 1 N–H and O–H groups in total. The van der Waals surface area contributed by atoms with Crippen molar-refractivity contribution in [2.75, 3.05) is 13.7 Å². The topological polar surface area (TPSA) is 47.6 Å². The number of nitrogens with one attached hydrogen (secondary N) is 1. The fraction of sp³-hybridized carbons (Fsp3) is 0.450. The maximum absolute atomic E-state index is 12.5. The number of methoxy groups -OCH3 is 1. The summed E-state index contributed by atoms with van der Waals surface area (Å²) in [7, 11) is 1.40. The van der Waals surface area contributed by atoms with Gasteiger partial charge in [-0.25, -0.2) is 0 Å². The number of thiophene rings is 1. The Morgan fingerprint density at radius 3 is 2.89 bits per heavy atom. The number of halogens is 2. The first-order chi connectivity index (χ1) is 13.0. The van der Waals surface area contributed by atoms with Crippen LogP contribution in [0.4, 0.5) is 8.78 Å². The van der Waals surface area contributed by atoms with Crippen molar-refractivity contribution < 1.29 is 23.0 Å². The van der Waals surface area contributed by atoms with Crippen molar-refractivity contribution in [3.8, 4) is 11.5 Å². The molecule has 1 atom stereocenters. The molecule has 0 bridgehead atoms. The number of alkyl halides is 2. The number of carbonyl (C=O) groups is 1. The Kier molecular flexibility index (Phi) is 6.31. The van der Waals surface area contributed by atoms with Gasteiger partial charge in [-0.2, -0.15) is 8.78 Å². The predicted molar refractivity (Wildman–Crippen MR) is 101 cm³/mol. The van der Waals surface area contributed by atoms with Gasteiger partial charge in [-0.15, -0.1) is 11.3 Å². The number of hydrogen-bond donors (Lipinski definition) is 1. The molecule has 146 valence electrons. The van der Waals surface area contributed by atoms with Crippen molar-refractivity contribution in [2.24, 2.45) is 5.92 Å². The lowest BCUT2D eigenvalue weighted by molar-refractivity contribution is -0.0512. The summed E-state index contributed by atoms with van der Waals surface area (Å²) in [5.41, 5.74) is 2.08. The molecule has 1 aromatic heterocycles. The van der Waals surface area contributed by atoms with Gasteiger partial charge in [0.1, 0.15) is 0 Å². The van der Waals surface area contributed by atoms with E-state index in [0.29, 0.717) is 18.9 Å². The number of rotatable bonds is 7. The van der Waals surface area contributed by atoms with E-state index in [1.807, 2.05) is 6.07 Å². The zero-order chi connectivity index (χ0) is 19.4. The molecular formula is C20H23F2NO3S. The molecule has 1 unspecified atom stereocenters. The van der Waals surface area contributed by atoms with Crippen LogP contribution >= 0.6 is 11.3 Å². The van der Waals surface area contributed by atoms with Crippen LogP contribution in [0.5, 0.6) is 11.5 Å². The van der Waals surface area contributed by atoms with Crippen LogP contribution < -0.4 is 14.8 Å². The molecule has 1 amide bonds. The molecule has 27 heavy (non-hydrogen) atoms. The summed E-state index contributed by atoms with van der Waals surface area (Å²) in [5, 5.41) is 2.91. The van der Waals surface area contributed by atoms with E-state index >= 15 is 0 Å². The third kappa shape index (κ3) is 4.97. The second-order valence-electron chi connectivity index (χ2n) is 6.78. The van der Waals surface area contributed by atoms with E-state index in [4.69, 9.17) is 4.74 Å². The number of amides is 1. The number of hydrogen-bond acceptors (Lipinski definition) is 4. The van der Waals surface area contributed by atoms with E-state index in [9.17, 15) is 13.6 Å². The van der Waals surface area contributed by atoms with E-state index in [1.165, 1.54) is 30.0 Å². The number of ether oxygens (including phenoxy) is 2. The van der Waals surface area contributed by atoms with Crippen LogP contribution in [0, 0.1) is 5.92 Å². The molecule has 1 aromatic carbocycles. The molecule has 0 radical (unpaired) electrons. The number of fused-ring (bicyclic) bond motifs is 1. The Labute approximate surface area is 161 Å². The Hall–Kier alpha value is -2.15. The Bertz CT molecular complexity index is 807. The summed E-state index contributed by atoms with van der Waals surface area (Å²) in [4.78, 5) is 14.5. The zero-order valence-corrected chi connectivity index (χ0v) is 16.2. The molecule has 3 rings (SSSR count). The molecule has 1 aliphatic rings. The number of aryl methyl sites for hydroxylation is 1. The molecule has 7 heteroatoms. The lowest BCUT2D eigenvalue weighted by Gasteiger charge is -2.16. The van der Waals surface area contributed by atoms with Crippen molar-refractivity contribution in [2.45, 2.75) is 39.2 Å². The lowest BCUT2D eigenvalue weighted by atomic mass is 9.90. The van der Waals surface area contributed by atoms with Gasteiger partial charge in [0.05, 0.1) is 12.0 Å². The van der Waals surface area contributed by atoms with E-state index in [1.54, 1.807) is 23.5 Å². The summed E-state index contributed by atoms with van der Waals surface area (Å²) >= 11 is 1.57. The van der Waals surface area contributed by atoms with Gasteiger partial charge in [-0.1, -0.05) is 13.0 Å². The predicted octanol–water partition coefficient (Wildman–Crippen LogP) is 4.46. The van der Waals surface area contributed by atoms with Gasteiger partial charge < -0.3 is 14.8 Å². The summed E-state index contributed by atoms with van der Waals surface area (Å²) in [6.07, 6.45) is 3.78. The van der Waals surface area contributed by atoms with Crippen LogP contribution in [0.15, 0.2) is 24.3 Å². The average Bonchev–Trinajstić information content (AvgIpc) is 3.04. The van der Waals surface area contributed by atoms with Crippen molar-refractivity contribution in [3.63, 3.8) is 0 Å². The second kappa shape index (κ2) is 8.69. The van der Waals surface area contributed by atoms with Gasteiger partial charge in [-0.05, 0) is 60.9 Å². The van der Waals surface area contributed by atoms with Gasteiger partial charge in [0, 0.05) is 11.4 Å². The molecule has 1 heterocycles. The van der Waals surface area contributed by atoms with Crippen molar-refractivity contribution in [1.29, 1.82) is 0 Å². The normalized spacial score (nSPS) is 16.1. The molecule has 2 aromatic rings. The number of carbonyl (C=O) groups excluding carboxylic acids is 1. The van der Waals surface area contributed by atoms with Crippen LogP contribution in [0.2, 0.25) is 0 Å². The first kappa shape index (κ1) is 19.6. The van der Waals surface area contributed by atoms with Gasteiger partial charge in [0.25, 0.3) is 5.91 Å². The largest absolute Gasteiger partial charge is 0.493 e. The van der Waals surface area contributed by atoms with E-state index in [2.05, 4.69) is 17.0 Å². The summed E-state index contributed by atoms with van der Waals surface area (Å²) in [6, 6.07) is 6.88. The first-order valence-corrected chi connectivity index (χ1v) is 9.79. The Morgan fingerprint density at radius 2 is 2.15 bits per heavy atom. The highest BCUT2D eigenvalue weighted by molar-refractivity contribution is 7.14. The summed E-state index contributed by atoms with van der Waals surface area (Å²) < 4.78 is 34.5. The van der Waals surface area contributed by atoms with Crippen molar-refractivity contribution in [3.05, 3.63) is 45.1 Å². The van der Waals surface area contributed by atoms with E-state index < -0.39 is 6.61 Å². The van der Waals surface area contributed by atoms with Crippen molar-refractivity contribution >= 4 is 17.2 Å². The highest BCUT2D eigenvalue weighted by Crippen LogP contribution is 2.32. The summed E-state index contributed by atoms with van der Waals surface area (Å²) in [5.74, 6) is 0.834. The monoisotopic (exact) mass is 395 g/mol. The van der Waals surface area contributed by atoms with Gasteiger partial charge in [-0.3, -0.25) is 4.79 Å². The van der Waals surface area contributed by atoms with Crippen LogP contribution in [0.1, 0.15) is 39.0 Å². The van der Waals surface area contributed by atoms with Gasteiger partial charge in [0.15, 0.2) is 11.5 Å². The lowest BCUT2D eigenvalue weighted by Crippen LogP contribution is -2.24. The number of benzene rings is 1. The smallest absolute Gasteiger partial charge is 0.387 e. The Balaban J connectivity index is 1.57. The SMILES string of the molecule is COc1ccc(CCNC(=O)c2cc3c(s2)CCC(C)C3)cc1OC(F)F. The van der Waals surface area contributed by atoms with Crippen LogP contribution in [-0.2, 0) is 19.3 Å². The summed E-state index contributed by atoms with van der Waals surface area (Å²) in [6.45, 7) is -0.263. The van der Waals surface area contributed by atoms with Gasteiger partial charge in [0.2, 0.25) is 0 Å². The fourth-order valence-corrected chi connectivity index (χ4v) is 4.41. The standard InChI is InChI=1S/C20H23F2NO3S/c1-12-3-6-17-14(9-12)11-18(27-17)19(24)23-8-7-13-4-5-15(25-2)16(10-13)26-20(21)22/h4-5,10-12,20H,3,6-9H2,1-2H3,(H,23,24). The van der Waals surface area contributed by atoms with E-state index in [0.717, 1.165) is 23.3 Å². The Morgan fingerprint density at radius 1 is 1.33 bits per heavy atom. The highest BCUT2D eigenvalue weighted by atomic mass is 32.1. The molecule has 0 fully saturated rings. The maximum atomic E-state index is 12.5. The minimum atomic E-state index is -2.92. The van der Waals surface area contributed by atoms with Crippen LogP contribution in [0.3, 0.4) is 0 Å². The van der Waals surface area contributed by atoms with Crippen LogP contribution in [-0.4, -0.2) is 26.2 Å². The third-order valence-corrected chi connectivity index (χ3v) is 5.93. The van der Waals surface area contributed by atoms with Gasteiger partial charge >= 0.3 is 6.61 Å². The maximum Gasteiger partial charge on any atom is 0.387 e. The molecule has 1 aliphatic carbocycles. The quantitative estimate of drug-likeness (QED) is 0.753. The zero-order valence-electron chi connectivity index (χ0n) is 15.4. The molecule has 0 saturated carbocycles. The van der Waals surface area contributed by atoms with Crippen molar-refractivity contribution in [1.82, 2.24) is 5.32 Å². The van der Waals surface area contributed by atoms with E-state index in [-0.39, 0.29) is 17.4 Å². The highest BCUT2D eigenvalue weighted by Gasteiger charge is 2.20. The van der Waals surface area contributed by atoms with Crippen LogP contribution in [0.25, 0.3) is 0 Å². The first-order valence-electron chi connectivity index (χ1n) is 8.97.